The number of hydrogen-bond acceptors (Lipinski definition) is 5. The molecule has 0 saturated carbocycles. The highest BCUT2D eigenvalue weighted by Crippen LogP contribution is 2.32. The van der Waals surface area contributed by atoms with Crippen molar-refractivity contribution in [3.05, 3.63) is 16.6 Å². The Morgan fingerprint density at radius 3 is 3.24 bits per heavy atom. The van der Waals surface area contributed by atoms with E-state index in [0.29, 0.717) is 28.4 Å². The van der Waals surface area contributed by atoms with Gasteiger partial charge in [-0.3, -0.25) is 19.3 Å². The predicted octanol–water partition coefficient (Wildman–Crippen LogP) is 1.07. The van der Waals surface area contributed by atoms with Gasteiger partial charge >= 0.3 is 0 Å². The van der Waals surface area contributed by atoms with E-state index in [-0.39, 0.29) is 23.6 Å². The van der Waals surface area contributed by atoms with Crippen LogP contribution in [0, 0.1) is 0 Å². The Morgan fingerprint density at radius 1 is 1.67 bits per heavy atom. The summed E-state index contributed by atoms with van der Waals surface area (Å²) in [6.45, 7) is 3.99. The van der Waals surface area contributed by atoms with E-state index in [1.807, 2.05) is 13.8 Å². The van der Waals surface area contributed by atoms with Crippen LogP contribution in [0.4, 0.5) is 0 Å². The number of H-pyrrole nitrogens is 1. The molecule has 0 radical (unpaired) electrons. The molecule has 2 aromatic rings. The number of nitrogens with one attached hydrogen (secondary N) is 2. The first-order chi connectivity index (χ1) is 10.1. The second kappa shape index (κ2) is 5.51. The zero-order valence-electron chi connectivity index (χ0n) is 11.9. The smallest absolute Gasteiger partial charge is 0.265 e. The molecule has 3 heterocycles. The number of aromatic amines is 1. The summed E-state index contributed by atoms with van der Waals surface area (Å²) in [6, 6.07) is 0.00517. The van der Waals surface area contributed by atoms with E-state index in [1.54, 1.807) is 4.57 Å². The number of rotatable bonds is 4. The molecule has 0 aliphatic carbocycles. The lowest BCUT2D eigenvalue weighted by molar-refractivity contribution is -0.122. The van der Waals surface area contributed by atoms with Gasteiger partial charge in [0.25, 0.3) is 5.56 Å². The molecule has 21 heavy (non-hydrogen) atoms. The Hall–Kier alpha value is -1.83. The van der Waals surface area contributed by atoms with Crippen molar-refractivity contribution in [3.8, 4) is 0 Å². The summed E-state index contributed by atoms with van der Waals surface area (Å²) in [5.74, 6) is 0.665. The second-order valence-corrected chi connectivity index (χ2v) is 6.23. The highest BCUT2D eigenvalue weighted by atomic mass is 32.2. The number of carbonyl (C=O) groups excluding carboxylic acids is 1. The van der Waals surface area contributed by atoms with Crippen LogP contribution in [0.1, 0.15) is 32.7 Å². The number of thioether (sulfide) groups is 1. The molecular weight excluding hydrogens is 290 g/mol. The van der Waals surface area contributed by atoms with Crippen LogP contribution in [-0.2, 0) is 4.79 Å². The minimum Gasteiger partial charge on any atom is -0.354 e. The van der Waals surface area contributed by atoms with Gasteiger partial charge in [0.2, 0.25) is 5.91 Å². The normalized spacial score (nSPS) is 18.7. The van der Waals surface area contributed by atoms with Crippen molar-refractivity contribution in [2.75, 3.05) is 5.75 Å². The van der Waals surface area contributed by atoms with Crippen molar-refractivity contribution in [1.82, 2.24) is 25.1 Å². The fourth-order valence-corrected chi connectivity index (χ4v) is 3.49. The molecule has 1 aliphatic rings. The van der Waals surface area contributed by atoms with Crippen LogP contribution >= 0.6 is 11.8 Å². The molecule has 0 aromatic carbocycles. The molecule has 2 aromatic heterocycles. The summed E-state index contributed by atoms with van der Waals surface area (Å²) in [4.78, 5) is 28.9. The van der Waals surface area contributed by atoms with Crippen LogP contribution in [0.25, 0.3) is 11.0 Å². The highest BCUT2D eigenvalue weighted by Gasteiger charge is 2.28. The monoisotopic (exact) mass is 307 g/mol. The Labute approximate surface area is 125 Å². The predicted molar refractivity (Wildman–Crippen MR) is 80.4 cm³/mol. The molecule has 2 atom stereocenters. The molecule has 1 amide bonds. The van der Waals surface area contributed by atoms with Gasteiger partial charge in [-0.2, -0.15) is 5.10 Å². The molecule has 3 rings (SSSR count). The van der Waals surface area contributed by atoms with Crippen molar-refractivity contribution in [3.63, 3.8) is 0 Å². The van der Waals surface area contributed by atoms with Crippen molar-refractivity contribution in [1.29, 1.82) is 0 Å². The largest absolute Gasteiger partial charge is 0.354 e. The van der Waals surface area contributed by atoms with Gasteiger partial charge in [0, 0.05) is 18.2 Å². The molecule has 8 heteroatoms. The SMILES string of the molecule is CCC(C)NC(=O)CC1CSc2nc3[nH]ncc3c(=O)n21. The average Bonchev–Trinajstić information content (AvgIpc) is 3.06. The number of amides is 1. The van der Waals surface area contributed by atoms with E-state index < -0.39 is 0 Å². The van der Waals surface area contributed by atoms with Crippen molar-refractivity contribution in [2.45, 2.75) is 43.9 Å². The van der Waals surface area contributed by atoms with E-state index in [1.165, 1.54) is 18.0 Å². The number of carbonyl (C=O) groups is 1. The first kappa shape index (κ1) is 14.1. The zero-order chi connectivity index (χ0) is 15.0. The maximum Gasteiger partial charge on any atom is 0.265 e. The third-order valence-electron chi connectivity index (χ3n) is 3.69. The topological polar surface area (TPSA) is 92.7 Å². The van der Waals surface area contributed by atoms with Crippen LogP contribution < -0.4 is 10.9 Å². The standard InChI is InChI=1S/C13H17N5O2S/c1-3-7(2)15-10(19)4-8-6-21-13-16-11-9(5-14-17-11)12(20)18(8)13/h5,7-8H,3-4,6H2,1-2H3,(H,14,17)(H,15,19). The lowest BCUT2D eigenvalue weighted by Gasteiger charge is -2.15. The van der Waals surface area contributed by atoms with E-state index in [2.05, 4.69) is 20.5 Å². The number of fused-ring (bicyclic) bond motifs is 2. The van der Waals surface area contributed by atoms with Gasteiger partial charge in [0.15, 0.2) is 10.8 Å². The molecule has 2 N–H and O–H groups in total. The van der Waals surface area contributed by atoms with Gasteiger partial charge in [-0.15, -0.1) is 0 Å². The third-order valence-corrected chi connectivity index (χ3v) is 4.79. The maximum absolute atomic E-state index is 12.5. The summed E-state index contributed by atoms with van der Waals surface area (Å²) in [6.07, 6.45) is 2.67. The van der Waals surface area contributed by atoms with Gasteiger partial charge < -0.3 is 5.32 Å². The van der Waals surface area contributed by atoms with Crippen LogP contribution in [0.5, 0.6) is 0 Å². The lowest BCUT2D eigenvalue weighted by atomic mass is 10.2. The van der Waals surface area contributed by atoms with Gasteiger partial charge in [0.1, 0.15) is 5.39 Å². The van der Waals surface area contributed by atoms with E-state index in [4.69, 9.17) is 0 Å². The van der Waals surface area contributed by atoms with Crippen LogP contribution in [0.15, 0.2) is 16.1 Å². The maximum atomic E-state index is 12.5. The highest BCUT2D eigenvalue weighted by molar-refractivity contribution is 7.99. The summed E-state index contributed by atoms with van der Waals surface area (Å²) < 4.78 is 1.62. The summed E-state index contributed by atoms with van der Waals surface area (Å²) in [7, 11) is 0. The fraction of sp³-hybridized carbons (Fsp3) is 0.538. The summed E-state index contributed by atoms with van der Waals surface area (Å²) >= 11 is 1.50. The Bertz CT molecular complexity index is 738. The molecule has 7 nitrogen and oxygen atoms in total. The molecule has 0 spiro atoms. The van der Waals surface area contributed by atoms with Gasteiger partial charge in [-0.25, -0.2) is 4.98 Å². The molecule has 0 saturated heterocycles. The number of nitrogens with zero attached hydrogens (tertiary/aromatic N) is 3. The van der Waals surface area contributed by atoms with Crippen LogP contribution in [-0.4, -0.2) is 37.5 Å². The van der Waals surface area contributed by atoms with Crippen molar-refractivity contribution >= 4 is 28.7 Å². The quantitative estimate of drug-likeness (QED) is 0.824. The molecule has 0 fully saturated rings. The van der Waals surface area contributed by atoms with E-state index in [0.717, 1.165) is 6.42 Å². The van der Waals surface area contributed by atoms with E-state index in [9.17, 15) is 9.59 Å². The Kier molecular flexibility index (Phi) is 3.71. The Balaban J connectivity index is 1.86. The van der Waals surface area contributed by atoms with Gasteiger partial charge in [-0.1, -0.05) is 18.7 Å². The van der Waals surface area contributed by atoms with Crippen LogP contribution in [0.3, 0.4) is 0 Å². The average molecular weight is 307 g/mol. The minimum atomic E-state index is -0.145. The summed E-state index contributed by atoms with van der Waals surface area (Å²) in [5, 5.41) is 10.6. The number of hydrogen-bond donors (Lipinski definition) is 2. The van der Waals surface area contributed by atoms with Gasteiger partial charge in [0.05, 0.1) is 12.2 Å². The van der Waals surface area contributed by atoms with Crippen LogP contribution in [0.2, 0.25) is 0 Å². The van der Waals surface area contributed by atoms with E-state index >= 15 is 0 Å². The molecule has 2 unspecified atom stereocenters. The second-order valence-electron chi connectivity index (χ2n) is 5.25. The lowest BCUT2D eigenvalue weighted by Crippen LogP contribution is -2.35. The van der Waals surface area contributed by atoms with Crippen molar-refractivity contribution in [2.24, 2.45) is 0 Å². The van der Waals surface area contributed by atoms with Crippen molar-refractivity contribution < 1.29 is 4.79 Å². The third kappa shape index (κ3) is 2.55. The first-order valence-corrected chi connectivity index (χ1v) is 7.96. The zero-order valence-corrected chi connectivity index (χ0v) is 12.7. The molecule has 112 valence electrons. The van der Waals surface area contributed by atoms with Gasteiger partial charge in [-0.05, 0) is 13.3 Å². The summed E-state index contributed by atoms with van der Waals surface area (Å²) in [5.41, 5.74) is 0.374. The first-order valence-electron chi connectivity index (χ1n) is 6.98. The molecular formula is C13H17N5O2S. The molecule has 0 bridgehead atoms. The minimum absolute atomic E-state index is 0.0259. The Morgan fingerprint density at radius 2 is 2.48 bits per heavy atom. The number of aromatic nitrogens is 4. The molecule has 1 aliphatic heterocycles. The fourth-order valence-electron chi connectivity index (χ4n) is 2.36.